The molecule has 150 valence electrons. The number of likely N-dealkylation sites (tertiary alicyclic amines) is 1. The van der Waals surface area contributed by atoms with Crippen molar-refractivity contribution in [2.45, 2.75) is 38.8 Å². The third-order valence-electron chi connectivity index (χ3n) is 5.31. The minimum Gasteiger partial charge on any atom is -0.467 e. The number of furan rings is 1. The summed E-state index contributed by atoms with van der Waals surface area (Å²) in [7, 11) is 0. The first-order valence-electron chi connectivity index (χ1n) is 9.98. The van der Waals surface area contributed by atoms with Crippen LogP contribution in [0.3, 0.4) is 0 Å². The number of nitrogens with one attached hydrogen (secondary N) is 2. The molecule has 1 atom stereocenters. The van der Waals surface area contributed by atoms with Gasteiger partial charge in [0.1, 0.15) is 5.76 Å². The fourth-order valence-electron chi connectivity index (χ4n) is 3.55. The molecule has 0 bridgehead atoms. The normalized spacial score (nSPS) is 16.5. The third-order valence-corrected chi connectivity index (χ3v) is 5.31. The van der Waals surface area contributed by atoms with Gasteiger partial charge in [-0.1, -0.05) is 30.3 Å². The van der Waals surface area contributed by atoms with Gasteiger partial charge >= 0.3 is 0 Å². The monoisotopic (exact) mass is 383 g/mol. The molecule has 6 nitrogen and oxygen atoms in total. The van der Waals surface area contributed by atoms with Crippen molar-refractivity contribution in [2.75, 3.05) is 19.6 Å². The van der Waals surface area contributed by atoms with E-state index in [1.165, 1.54) is 0 Å². The lowest BCUT2D eigenvalue weighted by atomic mass is 9.96. The van der Waals surface area contributed by atoms with Crippen LogP contribution in [-0.2, 0) is 16.1 Å². The summed E-state index contributed by atoms with van der Waals surface area (Å²) in [6.07, 6.45) is 3.74. The number of hydrogen-bond acceptors (Lipinski definition) is 4. The largest absolute Gasteiger partial charge is 0.467 e. The van der Waals surface area contributed by atoms with E-state index in [4.69, 9.17) is 4.42 Å². The summed E-state index contributed by atoms with van der Waals surface area (Å²) < 4.78 is 5.24. The van der Waals surface area contributed by atoms with Crippen molar-refractivity contribution >= 4 is 11.8 Å². The van der Waals surface area contributed by atoms with Crippen molar-refractivity contribution in [1.29, 1.82) is 0 Å². The van der Waals surface area contributed by atoms with Crippen LogP contribution in [0.15, 0.2) is 53.1 Å². The first kappa shape index (κ1) is 20.1. The van der Waals surface area contributed by atoms with E-state index in [9.17, 15) is 9.59 Å². The molecule has 6 heteroatoms. The van der Waals surface area contributed by atoms with Crippen LogP contribution in [0.1, 0.15) is 43.6 Å². The second-order valence-electron chi connectivity index (χ2n) is 7.36. The lowest BCUT2D eigenvalue weighted by Gasteiger charge is -2.31. The van der Waals surface area contributed by atoms with Gasteiger partial charge in [0.2, 0.25) is 11.8 Å². The van der Waals surface area contributed by atoms with Gasteiger partial charge in [0.25, 0.3) is 0 Å². The van der Waals surface area contributed by atoms with E-state index in [0.717, 1.165) is 43.8 Å². The van der Waals surface area contributed by atoms with E-state index in [1.54, 1.807) is 6.26 Å². The maximum atomic E-state index is 12.3. The molecule has 0 saturated carbocycles. The van der Waals surface area contributed by atoms with E-state index in [2.05, 4.69) is 15.5 Å². The summed E-state index contributed by atoms with van der Waals surface area (Å²) in [5, 5.41) is 6.00. The van der Waals surface area contributed by atoms with Crippen molar-refractivity contribution in [3.05, 3.63) is 60.1 Å². The Balaban J connectivity index is 1.32. The van der Waals surface area contributed by atoms with Crippen molar-refractivity contribution in [3.8, 4) is 0 Å². The first-order chi connectivity index (χ1) is 13.6. The zero-order chi connectivity index (χ0) is 19.8. The van der Waals surface area contributed by atoms with Gasteiger partial charge in [0.15, 0.2) is 0 Å². The van der Waals surface area contributed by atoms with E-state index in [-0.39, 0.29) is 23.8 Å². The molecule has 1 aromatic heterocycles. The van der Waals surface area contributed by atoms with Gasteiger partial charge in [-0.25, -0.2) is 0 Å². The molecule has 1 saturated heterocycles. The Hall–Kier alpha value is -2.60. The van der Waals surface area contributed by atoms with Crippen molar-refractivity contribution in [2.24, 2.45) is 5.92 Å². The molecule has 1 aliphatic rings. The maximum absolute atomic E-state index is 12.3. The quantitative estimate of drug-likeness (QED) is 0.735. The molecule has 0 spiro atoms. The predicted octanol–water partition coefficient (Wildman–Crippen LogP) is 2.88. The summed E-state index contributed by atoms with van der Waals surface area (Å²) in [4.78, 5) is 26.8. The highest BCUT2D eigenvalue weighted by Crippen LogP contribution is 2.18. The summed E-state index contributed by atoms with van der Waals surface area (Å²) >= 11 is 0. The standard InChI is InChI=1S/C22H29N3O3/c1-17(18-6-3-2-4-7-18)24-21(26)11-14-25-12-9-19(10-13-25)22(27)23-16-20-8-5-15-28-20/h2-8,15,17,19H,9-14,16H2,1H3,(H,23,27)(H,24,26). The molecule has 2 aromatic rings. The second-order valence-corrected chi connectivity index (χ2v) is 7.36. The lowest BCUT2D eigenvalue weighted by Crippen LogP contribution is -2.41. The number of rotatable bonds is 8. The maximum Gasteiger partial charge on any atom is 0.223 e. The van der Waals surface area contributed by atoms with E-state index in [1.807, 2.05) is 49.4 Å². The van der Waals surface area contributed by atoms with Crippen LogP contribution >= 0.6 is 0 Å². The third kappa shape index (κ3) is 5.96. The van der Waals surface area contributed by atoms with Crippen LogP contribution < -0.4 is 10.6 Å². The molecule has 2 heterocycles. The Bertz CT molecular complexity index is 738. The molecule has 0 radical (unpaired) electrons. The predicted molar refractivity (Wildman–Crippen MR) is 107 cm³/mol. The first-order valence-corrected chi connectivity index (χ1v) is 9.98. The number of amides is 2. The fraction of sp³-hybridized carbons (Fsp3) is 0.455. The highest BCUT2D eigenvalue weighted by atomic mass is 16.3. The molecule has 2 amide bonds. The minimum atomic E-state index is 0.0114. The Kier molecular flexibility index (Phi) is 7.25. The summed E-state index contributed by atoms with van der Waals surface area (Å²) in [6, 6.07) is 13.7. The van der Waals surface area contributed by atoms with Crippen LogP contribution in [0.5, 0.6) is 0 Å². The number of benzene rings is 1. The van der Waals surface area contributed by atoms with Crippen molar-refractivity contribution in [1.82, 2.24) is 15.5 Å². The Morgan fingerprint density at radius 2 is 1.89 bits per heavy atom. The molecule has 0 aliphatic carbocycles. The number of carbonyl (C=O) groups excluding carboxylic acids is 2. The average Bonchev–Trinajstić information content (AvgIpc) is 3.25. The molecule has 1 aromatic carbocycles. The molecule has 1 fully saturated rings. The SMILES string of the molecule is CC(NC(=O)CCN1CCC(C(=O)NCc2ccco2)CC1)c1ccccc1. The molecule has 1 unspecified atom stereocenters. The van der Waals surface area contributed by atoms with E-state index < -0.39 is 0 Å². The van der Waals surface area contributed by atoms with Crippen LogP contribution in [0.4, 0.5) is 0 Å². The second kappa shape index (κ2) is 10.1. The topological polar surface area (TPSA) is 74.6 Å². The summed E-state index contributed by atoms with van der Waals surface area (Å²) in [5.74, 6) is 0.958. The number of carbonyl (C=O) groups is 2. The zero-order valence-electron chi connectivity index (χ0n) is 16.4. The number of hydrogen-bond donors (Lipinski definition) is 2. The fourth-order valence-corrected chi connectivity index (χ4v) is 3.55. The van der Waals surface area contributed by atoms with Gasteiger partial charge in [0.05, 0.1) is 18.8 Å². The number of piperidine rings is 1. The van der Waals surface area contributed by atoms with Crippen LogP contribution in [0.25, 0.3) is 0 Å². The zero-order valence-corrected chi connectivity index (χ0v) is 16.4. The molecular weight excluding hydrogens is 354 g/mol. The Morgan fingerprint density at radius 3 is 2.57 bits per heavy atom. The van der Waals surface area contributed by atoms with Crippen molar-refractivity contribution < 1.29 is 14.0 Å². The van der Waals surface area contributed by atoms with E-state index >= 15 is 0 Å². The molecule has 1 aliphatic heterocycles. The molecular formula is C22H29N3O3. The van der Waals surface area contributed by atoms with Gasteiger partial charge in [0, 0.05) is 18.9 Å². The van der Waals surface area contributed by atoms with Crippen LogP contribution in [-0.4, -0.2) is 36.3 Å². The molecule has 28 heavy (non-hydrogen) atoms. The summed E-state index contributed by atoms with van der Waals surface area (Å²) in [5.41, 5.74) is 1.11. The Labute approximate surface area is 166 Å². The highest BCUT2D eigenvalue weighted by molar-refractivity contribution is 5.78. The van der Waals surface area contributed by atoms with Crippen LogP contribution in [0.2, 0.25) is 0 Å². The lowest BCUT2D eigenvalue weighted by molar-refractivity contribution is -0.127. The van der Waals surface area contributed by atoms with Crippen LogP contribution in [0, 0.1) is 5.92 Å². The van der Waals surface area contributed by atoms with Gasteiger partial charge in [-0.3, -0.25) is 9.59 Å². The number of nitrogens with zero attached hydrogens (tertiary/aromatic N) is 1. The average molecular weight is 383 g/mol. The van der Waals surface area contributed by atoms with Crippen molar-refractivity contribution in [3.63, 3.8) is 0 Å². The highest BCUT2D eigenvalue weighted by Gasteiger charge is 2.25. The molecule has 3 rings (SSSR count). The van der Waals surface area contributed by atoms with Gasteiger partial charge in [-0.05, 0) is 50.6 Å². The van der Waals surface area contributed by atoms with Gasteiger partial charge in [-0.2, -0.15) is 0 Å². The van der Waals surface area contributed by atoms with Gasteiger partial charge < -0.3 is 20.0 Å². The minimum absolute atomic E-state index is 0.0114. The van der Waals surface area contributed by atoms with Gasteiger partial charge in [-0.15, -0.1) is 0 Å². The Morgan fingerprint density at radius 1 is 1.14 bits per heavy atom. The smallest absolute Gasteiger partial charge is 0.223 e. The molecule has 2 N–H and O–H groups in total. The van der Waals surface area contributed by atoms with E-state index in [0.29, 0.717) is 13.0 Å². The summed E-state index contributed by atoms with van der Waals surface area (Å²) in [6.45, 7) is 4.86.